The second-order valence-electron chi connectivity index (χ2n) is 6.10. The van der Waals surface area contributed by atoms with Crippen LogP contribution < -0.4 is 5.32 Å². The Balaban J connectivity index is 1.65. The van der Waals surface area contributed by atoms with Crippen molar-refractivity contribution in [2.75, 3.05) is 32.8 Å². The van der Waals surface area contributed by atoms with E-state index in [-0.39, 0.29) is 11.9 Å². The first-order valence-corrected chi connectivity index (χ1v) is 9.09. The van der Waals surface area contributed by atoms with Crippen molar-refractivity contribution in [3.63, 3.8) is 0 Å². The zero-order chi connectivity index (χ0) is 15.8. The molecule has 122 valence electrons. The number of thiophene rings is 1. The Morgan fingerprint density at radius 1 is 1.50 bits per heavy atom. The van der Waals surface area contributed by atoms with Crippen LogP contribution in [0, 0.1) is 5.41 Å². The Kier molecular flexibility index (Phi) is 4.72. The van der Waals surface area contributed by atoms with Crippen LogP contribution in [0.2, 0.25) is 0 Å². The Morgan fingerprint density at radius 2 is 2.18 bits per heavy atom. The molecule has 4 nitrogen and oxygen atoms in total. The quantitative estimate of drug-likeness (QED) is 0.818. The van der Waals surface area contributed by atoms with Gasteiger partial charge in [-0.25, -0.2) is 0 Å². The zero-order valence-electron chi connectivity index (χ0n) is 12.5. The van der Waals surface area contributed by atoms with E-state index in [0.29, 0.717) is 13.0 Å². The van der Waals surface area contributed by atoms with Gasteiger partial charge in [-0.2, -0.15) is 0 Å². The average Bonchev–Trinajstić information content (AvgIpc) is 2.86. The van der Waals surface area contributed by atoms with Crippen LogP contribution >= 0.6 is 34.5 Å². The number of ether oxygens (including phenoxy) is 1. The Hall–Kier alpha value is -0.330. The maximum Gasteiger partial charge on any atom is 0.229 e. The summed E-state index contributed by atoms with van der Waals surface area (Å²) in [6.45, 7) is 5.62. The number of nitrogens with zero attached hydrogens (tertiary/aromatic N) is 1. The molecule has 7 heteroatoms. The number of carbonyl (C=O) groups is 1. The SMILES string of the molecule is C[C@@]1(C(=O)NC[C@@H](c2cccs2)N2CCOCC2)CC1(Cl)Cl. The molecule has 1 aliphatic carbocycles. The highest BCUT2D eigenvalue weighted by atomic mass is 35.5. The van der Waals surface area contributed by atoms with E-state index in [9.17, 15) is 4.79 Å². The van der Waals surface area contributed by atoms with Gasteiger partial charge >= 0.3 is 0 Å². The van der Waals surface area contributed by atoms with Gasteiger partial charge in [-0.05, 0) is 24.8 Å². The van der Waals surface area contributed by atoms with Gasteiger partial charge in [-0.1, -0.05) is 6.07 Å². The third-order valence-electron chi connectivity index (χ3n) is 4.57. The van der Waals surface area contributed by atoms with E-state index in [1.54, 1.807) is 11.3 Å². The van der Waals surface area contributed by atoms with E-state index in [2.05, 4.69) is 21.7 Å². The molecule has 1 N–H and O–H groups in total. The number of morpholine rings is 1. The smallest absolute Gasteiger partial charge is 0.229 e. The van der Waals surface area contributed by atoms with Crippen molar-refractivity contribution >= 4 is 40.4 Å². The molecule has 0 spiro atoms. The molecule has 0 unspecified atom stereocenters. The summed E-state index contributed by atoms with van der Waals surface area (Å²) in [7, 11) is 0. The monoisotopic (exact) mass is 362 g/mol. The number of hydrogen-bond acceptors (Lipinski definition) is 4. The number of hydrogen-bond donors (Lipinski definition) is 1. The van der Waals surface area contributed by atoms with Crippen LogP contribution in [-0.4, -0.2) is 48.0 Å². The molecule has 0 aromatic carbocycles. The van der Waals surface area contributed by atoms with Gasteiger partial charge in [-0.3, -0.25) is 9.69 Å². The van der Waals surface area contributed by atoms with E-state index >= 15 is 0 Å². The normalized spacial score (nSPS) is 29.0. The van der Waals surface area contributed by atoms with Gasteiger partial charge in [0.05, 0.1) is 24.7 Å². The van der Waals surface area contributed by atoms with Crippen molar-refractivity contribution in [3.05, 3.63) is 22.4 Å². The minimum atomic E-state index is -0.922. The van der Waals surface area contributed by atoms with Gasteiger partial charge in [0.2, 0.25) is 5.91 Å². The average molecular weight is 363 g/mol. The Bertz CT molecular complexity index is 532. The second kappa shape index (κ2) is 6.29. The van der Waals surface area contributed by atoms with Crippen molar-refractivity contribution in [1.29, 1.82) is 0 Å². The van der Waals surface area contributed by atoms with Crippen LogP contribution in [0.1, 0.15) is 24.3 Å². The van der Waals surface area contributed by atoms with Gasteiger partial charge in [0.25, 0.3) is 0 Å². The van der Waals surface area contributed by atoms with Crippen LogP contribution in [-0.2, 0) is 9.53 Å². The lowest BCUT2D eigenvalue weighted by Crippen LogP contribution is -2.45. The maximum absolute atomic E-state index is 12.4. The number of alkyl halides is 2. The summed E-state index contributed by atoms with van der Waals surface area (Å²) in [5.41, 5.74) is -0.666. The molecule has 3 rings (SSSR count). The van der Waals surface area contributed by atoms with Gasteiger partial charge in [0.1, 0.15) is 4.33 Å². The second-order valence-corrected chi connectivity index (χ2v) is 8.57. The maximum atomic E-state index is 12.4. The number of nitrogens with one attached hydrogen (secondary N) is 1. The highest BCUT2D eigenvalue weighted by Crippen LogP contribution is 2.63. The lowest BCUT2D eigenvalue weighted by molar-refractivity contribution is -0.126. The molecular weight excluding hydrogens is 343 g/mol. The van der Waals surface area contributed by atoms with E-state index in [4.69, 9.17) is 27.9 Å². The highest BCUT2D eigenvalue weighted by molar-refractivity contribution is 7.10. The first kappa shape index (κ1) is 16.5. The minimum absolute atomic E-state index is 0.0627. The summed E-state index contributed by atoms with van der Waals surface area (Å²) in [6, 6.07) is 4.33. The molecule has 1 aliphatic heterocycles. The predicted octanol–water partition coefficient (Wildman–Crippen LogP) is 2.82. The van der Waals surface area contributed by atoms with Crippen molar-refractivity contribution in [2.24, 2.45) is 5.41 Å². The molecule has 1 saturated heterocycles. The van der Waals surface area contributed by atoms with Gasteiger partial charge < -0.3 is 10.1 Å². The molecule has 1 aromatic heterocycles. The number of carbonyl (C=O) groups excluding carboxylic acids is 1. The molecule has 0 bridgehead atoms. The van der Waals surface area contributed by atoms with Crippen LogP contribution in [0.5, 0.6) is 0 Å². The van der Waals surface area contributed by atoms with E-state index in [1.807, 2.05) is 13.0 Å². The fourth-order valence-corrected chi connectivity index (χ4v) is 4.38. The van der Waals surface area contributed by atoms with Gasteiger partial charge in [0.15, 0.2) is 0 Å². The third-order valence-corrected chi connectivity index (χ3v) is 6.65. The van der Waals surface area contributed by atoms with Crippen LogP contribution in [0.25, 0.3) is 0 Å². The predicted molar refractivity (Wildman–Crippen MR) is 89.6 cm³/mol. The summed E-state index contributed by atoms with van der Waals surface area (Å²) in [5, 5.41) is 5.11. The van der Waals surface area contributed by atoms with E-state index in [0.717, 1.165) is 26.3 Å². The fourth-order valence-electron chi connectivity index (χ4n) is 2.81. The van der Waals surface area contributed by atoms with Crippen molar-refractivity contribution in [2.45, 2.75) is 23.7 Å². The van der Waals surface area contributed by atoms with Crippen molar-refractivity contribution < 1.29 is 9.53 Å². The molecule has 1 aromatic rings. The molecule has 1 saturated carbocycles. The van der Waals surface area contributed by atoms with Gasteiger partial charge in [-0.15, -0.1) is 34.5 Å². The summed E-state index contributed by atoms with van der Waals surface area (Å²) in [6.07, 6.45) is 0.510. The molecule has 2 fully saturated rings. The lowest BCUT2D eigenvalue weighted by Gasteiger charge is -2.34. The Labute approximate surface area is 144 Å². The number of amides is 1. The van der Waals surface area contributed by atoms with E-state index < -0.39 is 9.75 Å². The fraction of sp³-hybridized carbons (Fsp3) is 0.667. The molecule has 0 radical (unpaired) electrons. The first-order valence-electron chi connectivity index (χ1n) is 7.45. The largest absolute Gasteiger partial charge is 0.379 e. The molecule has 2 atom stereocenters. The van der Waals surface area contributed by atoms with Crippen LogP contribution in [0.4, 0.5) is 0 Å². The third kappa shape index (κ3) is 3.15. The number of rotatable bonds is 5. The Morgan fingerprint density at radius 3 is 2.73 bits per heavy atom. The van der Waals surface area contributed by atoms with Crippen LogP contribution in [0.3, 0.4) is 0 Å². The number of halogens is 2. The van der Waals surface area contributed by atoms with Crippen molar-refractivity contribution in [1.82, 2.24) is 10.2 Å². The molecule has 2 heterocycles. The summed E-state index contributed by atoms with van der Waals surface area (Å²) >= 11 is 13.9. The molecule has 22 heavy (non-hydrogen) atoms. The molecular formula is C15H20Cl2N2O2S. The van der Waals surface area contributed by atoms with Crippen molar-refractivity contribution in [3.8, 4) is 0 Å². The van der Waals surface area contributed by atoms with Crippen LogP contribution in [0.15, 0.2) is 17.5 Å². The minimum Gasteiger partial charge on any atom is -0.379 e. The summed E-state index contributed by atoms with van der Waals surface area (Å²) < 4.78 is 4.50. The van der Waals surface area contributed by atoms with Gasteiger partial charge in [0, 0.05) is 24.5 Å². The standard InChI is InChI=1S/C15H20Cl2N2O2S/c1-14(10-15(14,16)17)13(20)18-9-11(12-3-2-8-22-12)19-4-6-21-7-5-19/h2-3,8,11H,4-7,9-10H2,1H3,(H,18,20)/t11-,14-/m0/s1. The topological polar surface area (TPSA) is 41.6 Å². The molecule has 2 aliphatic rings. The summed E-state index contributed by atoms with van der Waals surface area (Å²) in [4.78, 5) is 16.0. The zero-order valence-corrected chi connectivity index (χ0v) is 14.8. The highest BCUT2D eigenvalue weighted by Gasteiger charge is 2.67. The summed E-state index contributed by atoms with van der Waals surface area (Å²) in [5.74, 6) is -0.0627. The molecule has 1 amide bonds. The lowest BCUT2D eigenvalue weighted by atomic mass is 10.1. The van der Waals surface area contributed by atoms with E-state index in [1.165, 1.54) is 4.88 Å². The first-order chi connectivity index (χ1) is 10.4.